The maximum Gasteiger partial charge on any atom is 0.247 e. The van der Waals surface area contributed by atoms with E-state index < -0.39 is 0 Å². The number of para-hydroxylation sites is 1. The molecule has 24 heavy (non-hydrogen) atoms. The largest absolute Gasteiger partial charge is 0.363 e. The van der Waals surface area contributed by atoms with Crippen molar-refractivity contribution in [2.24, 2.45) is 5.73 Å². The molecule has 0 saturated heterocycles. The number of nitrogens with zero attached hydrogens (tertiary/aromatic N) is 4. The predicted molar refractivity (Wildman–Crippen MR) is 94.4 cm³/mol. The molecule has 2 atom stereocenters. The fraction of sp³-hybridized carbons (Fsp3) is 0.353. The molecule has 0 amide bonds. The fourth-order valence-corrected chi connectivity index (χ4v) is 3.14. The molecule has 7 heteroatoms. The van der Waals surface area contributed by atoms with Gasteiger partial charge in [-0.25, -0.2) is 9.50 Å². The Balaban J connectivity index is 1.60. The highest BCUT2D eigenvalue weighted by Gasteiger charge is 2.23. The first-order chi connectivity index (χ1) is 11.8. The fourth-order valence-electron chi connectivity index (χ4n) is 3.14. The molecule has 2 unspecified atom stereocenters. The second-order valence-electron chi connectivity index (χ2n) is 6.17. The molecule has 0 spiro atoms. The van der Waals surface area contributed by atoms with Crippen LogP contribution < -0.4 is 16.4 Å². The smallest absolute Gasteiger partial charge is 0.247 e. The van der Waals surface area contributed by atoms with Crippen molar-refractivity contribution in [1.29, 1.82) is 0 Å². The van der Waals surface area contributed by atoms with Gasteiger partial charge in [-0.15, -0.1) is 5.10 Å². The Morgan fingerprint density at radius 3 is 2.79 bits per heavy atom. The van der Waals surface area contributed by atoms with Gasteiger partial charge in [-0.2, -0.15) is 4.98 Å². The number of hydrogen-bond donors (Lipinski definition) is 3. The average Bonchev–Trinajstić information content (AvgIpc) is 3.01. The zero-order chi connectivity index (χ0) is 16.4. The van der Waals surface area contributed by atoms with Crippen molar-refractivity contribution in [2.45, 2.75) is 37.8 Å². The lowest BCUT2D eigenvalue weighted by atomic mass is 9.91. The van der Waals surface area contributed by atoms with E-state index in [-0.39, 0.29) is 12.1 Å². The van der Waals surface area contributed by atoms with Gasteiger partial charge in [0.05, 0.1) is 0 Å². The summed E-state index contributed by atoms with van der Waals surface area (Å²) >= 11 is 0. The summed E-state index contributed by atoms with van der Waals surface area (Å²) in [6.45, 7) is 0. The molecule has 4 N–H and O–H groups in total. The summed E-state index contributed by atoms with van der Waals surface area (Å²) in [6, 6.07) is 10.3. The second kappa shape index (κ2) is 6.45. The Kier molecular flexibility index (Phi) is 4.00. The lowest BCUT2D eigenvalue weighted by molar-refractivity contribution is 0.403. The maximum absolute atomic E-state index is 6.23. The topological polar surface area (TPSA) is 93.2 Å². The summed E-state index contributed by atoms with van der Waals surface area (Å²) in [5.74, 6) is 1.28. The van der Waals surface area contributed by atoms with Crippen LogP contribution in [0.4, 0.5) is 17.5 Å². The molecular formula is C17H21N7. The minimum atomic E-state index is 0.158. The van der Waals surface area contributed by atoms with Crippen molar-refractivity contribution in [2.75, 3.05) is 10.6 Å². The highest BCUT2D eigenvalue weighted by atomic mass is 15.4. The van der Waals surface area contributed by atoms with Crippen LogP contribution in [0, 0.1) is 0 Å². The van der Waals surface area contributed by atoms with E-state index in [1.807, 2.05) is 30.3 Å². The van der Waals surface area contributed by atoms with Gasteiger partial charge in [0.25, 0.3) is 0 Å². The molecular weight excluding hydrogens is 302 g/mol. The Morgan fingerprint density at radius 1 is 1.12 bits per heavy atom. The number of anilines is 3. The summed E-state index contributed by atoms with van der Waals surface area (Å²) < 4.78 is 1.73. The normalized spacial score (nSPS) is 20.9. The van der Waals surface area contributed by atoms with Crippen molar-refractivity contribution in [3.05, 3.63) is 42.7 Å². The number of nitrogens with two attached hydrogens (primary N) is 1. The molecule has 1 aliphatic rings. The average molecular weight is 323 g/mol. The Bertz CT molecular complexity index is 814. The van der Waals surface area contributed by atoms with Crippen molar-refractivity contribution in [3.63, 3.8) is 0 Å². The van der Waals surface area contributed by atoms with Gasteiger partial charge in [-0.1, -0.05) is 31.0 Å². The number of hydrogen-bond acceptors (Lipinski definition) is 6. The first-order valence-electron chi connectivity index (χ1n) is 8.35. The van der Waals surface area contributed by atoms with E-state index in [0.29, 0.717) is 11.6 Å². The molecule has 0 aliphatic heterocycles. The van der Waals surface area contributed by atoms with Gasteiger partial charge in [0.1, 0.15) is 0 Å². The van der Waals surface area contributed by atoms with Gasteiger partial charge in [0.15, 0.2) is 11.5 Å². The van der Waals surface area contributed by atoms with Crippen LogP contribution in [0.3, 0.4) is 0 Å². The Morgan fingerprint density at radius 2 is 1.96 bits per heavy atom. The number of rotatable bonds is 4. The van der Waals surface area contributed by atoms with Gasteiger partial charge in [0, 0.05) is 30.2 Å². The van der Waals surface area contributed by atoms with Gasteiger partial charge < -0.3 is 16.4 Å². The summed E-state index contributed by atoms with van der Waals surface area (Å²) in [5.41, 5.74) is 7.88. The van der Waals surface area contributed by atoms with Gasteiger partial charge >= 0.3 is 0 Å². The van der Waals surface area contributed by atoms with E-state index in [2.05, 4.69) is 25.7 Å². The second-order valence-corrected chi connectivity index (χ2v) is 6.17. The van der Waals surface area contributed by atoms with Crippen molar-refractivity contribution < 1.29 is 0 Å². The lowest BCUT2D eigenvalue weighted by Crippen LogP contribution is -2.42. The van der Waals surface area contributed by atoms with Crippen LogP contribution in [0.15, 0.2) is 42.7 Å². The van der Waals surface area contributed by atoms with E-state index in [1.165, 1.54) is 12.8 Å². The van der Waals surface area contributed by atoms with Crippen LogP contribution >= 0.6 is 0 Å². The van der Waals surface area contributed by atoms with E-state index in [9.17, 15) is 0 Å². The molecule has 0 bridgehead atoms. The number of benzene rings is 1. The highest BCUT2D eigenvalue weighted by molar-refractivity contribution is 5.65. The number of fused-ring (bicyclic) bond motifs is 1. The zero-order valence-corrected chi connectivity index (χ0v) is 13.4. The Hall–Kier alpha value is -2.67. The predicted octanol–water partition coefficient (Wildman–Crippen LogP) is 2.55. The van der Waals surface area contributed by atoms with Crippen molar-refractivity contribution in [1.82, 2.24) is 19.6 Å². The summed E-state index contributed by atoms with van der Waals surface area (Å²) in [4.78, 5) is 9.01. The van der Waals surface area contributed by atoms with Crippen LogP contribution in [-0.4, -0.2) is 31.7 Å². The number of aromatic nitrogens is 4. The highest BCUT2D eigenvalue weighted by Crippen LogP contribution is 2.23. The third-order valence-electron chi connectivity index (χ3n) is 4.43. The van der Waals surface area contributed by atoms with Gasteiger partial charge in [-0.05, 0) is 25.0 Å². The molecule has 1 fully saturated rings. The molecule has 1 aliphatic carbocycles. The summed E-state index contributed by atoms with van der Waals surface area (Å²) in [5, 5.41) is 11.1. The van der Waals surface area contributed by atoms with Crippen LogP contribution in [0.5, 0.6) is 0 Å². The number of nitrogens with one attached hydrogen (secondary N) is 2. The minimum absolute atomic E-state index is 0.158. The molecule has 124 valence electrons. The molecule has 7 nitrogen and oxygen atoms in total. The van der Waals surface area contributed by atoms with Crippen LogP contribution in [-0.2, 0) is 0 Å². The third-order valence-corrected chi connectivity index (χ3v) is 4.43. The standard InChI is InChI=1S/C17H21N7/c18-13-8-4-5-9-14(13)21-15-16-22-17(23-24(16)11-10-19-15)20-12-6-2-1-3-7-12/h1-3,6-7,10-11,13-14H,4-5,8-9,18H2,(H,19,21)(H,20,23). The van der Waals surface area contributed by atoms with Crippen LogP contribution in [0.2, 0.25) is 0 Å². The van der Waals surface area contributed by atoms with E-state index in [4.69, 9.17) is 5.73 Å². The van der Waals surface area contributed by atoms with E-state index in [0.717, 1.165) is 24.3 Å². The van der Waals surface area contributed by atoms with E-state index in [1.54, 1.807) is 16.9 Å². The Labute approximate surface area is 140 Å². The van der Waals surface area contributed by atoms with Crippen molar-refractivity contribution in [3.8, 4) is 0 Å². The minimum Gasteiger partial charge on any atom is -0.363 e. The molecule has 1 saturated carbocycles. The third kappa shape index (κ3) is 3.03. The maximum atomic E-state index is 6.23. The molecule has 2 heterocycles. The zero-order valence-electron chi connectivity index (χ0n) is 13.4. The quantitative estimate of drug-likeness (QED) is 0.683. The molecule has 4 rings (SSSR count). The van der Waals surface area contributed by atoms with Crippen LogP contribution in [0.1, 0.15) is 25.7 Å². The van der Waals surface area contributed by atoms with Gasteiger partial charge in [0.2, 0.25) is 5.95 Å². The summed E-state index contributed by atoms with van der Waals surface area (Å²) in [7, 11) is 0. The van der Waals surface area contributed by atoms with Crippen molar-refractivity contribution >= 4 is 23.1 Å². The monoisotopic (exact) mass is 323 g/mol. The van der Waals surface area contributed by atoms with Gasteiger partial charge in [-0.3, -0.25) is 0 Å². The molecule has 2 aromatic heterocycles. The van der Waals surface area contributed by atoms with Crippen LogP contribution in [0.25, 0.3) is 5.65 Å². The molecule has 3 aromatic rings. The summed E-state index contributed by atoms with van der Waals surface area (Å²) in [6.07, 6.45) is 8.03. The van der Waals surface area contributed by atoms with E-state index >= 15 is 0 Å². The molecule has 0 radical (unpaired) electrons. The SMILES string of the molecule is NC1CCCCC1Nc1nccn2nc(Nc3ccccc3)nc12. The molecule has 1 aromatic carbocycles. The lowest BCUT2D eigenvalue weighted by Gasteiger charge is -2.29. The first-order valence-corrected chi connectivity index (χ1v) is 8.35. The first kappa shape index (κ1) is 14.9.